The van der Waals surface area contributed by atoms with Crippen LogP contribution in [-0.4, -0.2) is 46.6 Å². The Morgan fingerprint density at radius 2 is 1.64 bits per heavy atom. The third-order valence-corrected chi connectivity index (χ3v) is 8.59. The maximum atomic E-state index is 13.5. The quantitative estimate of drug-likeness (QED) is 0.136. The first kappa shape index (κ1) is 33.6. The first-order chi connectivity index (χ1) is 21.3. The molecule has 3 atom stereocenters. The lowest BCUT2D eigenvalue weighted by Crippen LogP contribution is -2.39. The van der Waals surface area contributed by atoms with Crippen LogP contribution in [0.3, 0.4) is 0 Å². The van der Waals surface area contributed by atoms with E-state index in [4.69, 9.17) is 47.9 Å². The molecule has 0 amide bonds. The van der Waals surface area contributed by atoms with E-state index in [1.807, 2.05) is 61.5 Å². The zero-order chi connectivity index (χ0) is 31.5. The van der Waals surface area contributed by atoms with E-state index in [0.717, 1.165) is 34.4 Å². The Hall–Kier alpha value is -3.29. The molecule has 2 N–H and O–H groups in total. The maximum absolute atomic E-state index is 13.5. The van der Waals surface area contributed by atoms with Crippen LogP contribution in [0.25, 0.3) is 0 Å². The van der Waals surface area contributed by atoms with Gasteiger partial charge in [0, 0.05) is 19.6 Å². The van der Waals surface area contributed by atoms with Gasteiger partial charge in [-0.25, -0.2) is 0 Å². The highest BCUT2D eigenvalue weighted by molar-refractivity contribution is 6.37. The summed E-state index contributed by atoms with van der Waals surface area (Å²) in [4.78, 5) is 13.5. The van der Waals surface area contributed by atoms with E-state index in [9.17, 15) is 4.79 Å². The van der Waals surface area contributed by atoms with Crippen LogP contribution in [0.2, 0.25) is 10.0 Å². The molecule has 0 radical (unpaired) electrons. The van der Waals surface area contributed by atoms with Gasteiger partial charge < -0.3 is 24.7 Å². The fourth-order valence-electron chi connectivity index (χ4n) is 5.82. The fraction of sp³-hybridized carbons (Fsp3) is 0.361. The zero-order valence-electron chi connectivity index (χ0n) is 25.6. The van der Waals surface area contributed by atoms with Gasteiger partial charge in [-0.1, -0.05) is 83.9 Å². The van der Waals surface area contributed by atoms with Crippen LogP contribution in [0.15, 0.2) is 90.5 Å². The summed E-state index contributed by atoms with van der Waals surface area (Å²) in [7, 11) is 3.13. The first-order valence-electron chi connectivity index (χ1n) is 14.8. The number of rotatable bonds is 15. The summed E-state index contributed by atoms with van der Waals surface area (Å²) in [6.45, 7) is 3.55. The minimum atomic E-state index is -0.862. The minimum absolute atomic E-state index is 0.0126. The Bertz CT molecular complexity index is 1420. The zero-order valence-corrected chi connectivity index (χ0v) is 27.1. The van der Waals surface area contributed by atoms with Crippen molar-refractivity contribution in [1.82, 2.24) is 0 Å². The summed E-state index contributed by atoms with van der Waals surface area (Å²) >= 11 is 12.5. The van der Waals surface area contributed by atoms with Crippen LogP contribution in [0.1, 0.15) is 35.4 Å². The highest BCUT2D eigenvalue weighted by Crippen LogP contribution is 2.48. The smallest absolute Gasteiger partial charge is 0.316 e. The first-order valence-corrected chi connectivity index (χ1v) is 15.6. The fourth-order valence-corrected chi connectivity index (χ4v) is 6.53. The van der Waals surface area contributed by atoms with Gasteiger partial charge >= 0.3 is 5.97 Å². The van der Waals surface area contributed by atoms with Crippen LogP contribution >= 0.6 is 23.2 Å². The third-order valence-electron chi connectivity index (χ3n) is 8.03. The molecule has 8 heteroatoms. The SMILES string of the molecule is COCCCC1(C(=O)OC)C=C(C(CN)Cc2ccc(OCCOc3c(Cl)cc(C)cc3Cl)cc2)C=CC1c1ccccc1. The second-order valence-electron chi connectivity index (χ2n) is 11.1. The van der Waals surface area contributed by atoms with Crippen molar-refractivity contribution in [2.24, 2.45) is 17.1 Å². The van der Waals surface area contributed by atoms with Gasteiger partial charge in [0.1, 0.15) is 19.0 Å². The van der Waals surface area contributed by atoms with Gasteiger partial charge in [-0.3, -0.25) is 4.79 Å². The molecule has 3 aromatic rings. The van der Waals surface area contributed by atoms with Crippen molar-refractivity contribution in [1.29, 1.82) is 0 Å². The number of hydrogen-bond donors (Lipinski definition) is 1. The van der Waals surface area contributed by atoms with E-state index >= 15 is 0 Å². The Kier molecular flexibility index (Phi) is 12.3. The Morgan fingerprint density at radius 1 is 0.955 bits per heavy atom. The van der Waals surface area contributed by atoms with Crippen molar-refractivity contribution in [3.63, 3.8) is 0 Å². The average Bonchev–Trinajstić information content (AvgIpc) is 3.03. The normalized spacial score (nSPS) is 18.4. The highest BCUT2D eigenvalue weighted by atomic mass is 35.5. The average molecular weight is 639 g/mol. The van der Waals surface area contributed by atoms with Crippen LogP contribution in [0.5, 0.6) is 11.5 Å². The summed E-state index contributed by atoms with van der Waals surface area (Å²) in [6.07, 6.45) is 8.39. The number of nitrogens with two attached hydrogens (primary N) is 1. The van der Waals surface area contributed by atoms with Crippen molar-refractivity contribution in [2.45, 2.75) is 32.1 Å². The van der Waals surface area contributed by atoms with Gasteiger partial charge in [-0.2, -0.15) is 0 Å². The predicted molar refractivity (Wildman–Crippen MR) is 177 cm³/mol. The number of aryl methyl sites for hydroxylation is 1. The summed E-state index contributed by atoms with van der Waals surface area (Å²) < 4.78 is 22.4. The van der Waals surface area contributed by atoms with Gasteiger partial charge in [0.2, 0.25) is 0 Å². The van der Waals surface area contributed by atoms with Crippen molar-refractivity contribution in [3.05, 3.63) is 117 Å². The highest BCUT2D eigenvalue weighted by Gasteiger charge is 2.46. The molecule has 1 aliphatic carbocycles. The monoisotopic (exact) mass is 637 g/mol. The van der Waals surface area contributed by atoms with Crippen molar-refractivity contribution >= 4 is 29.2 Å². The lowest BCUT2D eigenvalue weighted by atomic mass is 9.64. The number of esters is 1. The second-order valence-corrected chi connectivity index (χ2v) is 11.9. The number of ether oxygens (including phenoxy) is 4. The van der Waals surface area contributed by atoms with E-state index in [1.165, 1.54) is 7.11 Å². The molecule has 0 bridgehead atoms. The molecule has 0 saturated carbocycles. The van der Waals surface area contributed by atoms with Gasteiger partial charge in [0.25, 0.3) is 0 Å². The third kappa shape index (κ3) is 8.24. The lowest BCUT2D eigenvalue weighted by molar-refractivity contribution is -0.151. The van der Waals surface area contributed by atoms with Gasteiger partial charge in [0.05, 0.1) is 22.6 Å². The Labute approximate surface area is 270 Å². The molecule has 6 nitrogen and oxygen atoms in total. The molecule has 0 saturated heterocycles. The van der Waals surface area contributed by atoms with E-state index in [0.29, 0.717) is 55.0 Å². The molecular weight excluding hydrogens is 597 g/mol. The molecule has 0 heterocycles. The number of halogens is 2. The molecule has 0 spiro atoms. The number of hydrogen-bond acceptors (Lipinski definition) is 6. The molecule has 1 aliphatic rings. The largest absolute Gasteiger partial charge is 0.490 e. The summed E-state index contributed by atoms with van der Waals surface area (Å²) in [5.74, 6) is 0.791. The van der Waals surface area contributed by atoms with Crippen LogP contribution in [0, 0.1) is 18.3 Å². The standard InChI is InChI=1S/C36H41Cl2NO5/c1-25-20-32(37)34(33(38)21-25)44-19-18-43-30-13-10-26(11-14-30)22-29(24-39)28-12-15-31(27-8-5-4-6-9-27)36(23-28,35(40)42-3)16-7-17-41-2/h4-6,8-15,20-21,23,29,31H,7,16-19,22,24,39H2,1-3H3. The molecule has 3 unspecified atom stereocenters. The minimum Gasteiger partial charge on any atom is -0.490 e. The summed E-state index contributed by atoms with van der Waals surface area (Å²) in [5.41, 5.74) is 9.66. The van der Waals surface area contributed by atoms with Gasteiger partial charge in [-0.05, 0) is 85.2 Å². The van der Waals surface area contributed by atoms with Crippen LogP contribution < -0.4 is 15.2 Å². The molecule has 234 valence electrons. The molecule has 0 aliphatic heterocycles. The maximum Gasteiger partial charge on any atom is 0.316 e. The van der Waals surface area contributed by atoms with E-state index in [2.05, 4.69) is 30.4 Å². The lowest BCUT2D eigenvalue weighted by Gasteiger charge is -2.39. The number of benzene rings is 3. The van der Waals surface area contributed by atoms with E-state index in [1.54, 1.807) is 7.11 Å². The van der Waals surface area contributed by atoms with Crippen molar-refractivity contribution in [3.8, 4) is 11.5 Å². The summed E-state index contributed by atoms with van der Waals surface area (Å²) in [5, 5.41) is 0.956. The topological polar surface area (TPSA) is 80.0 Å². The van der Waals surface area contributed by atoms with E-state index < -0.39 is 5.41 Å². The molecular formula is C36H41Cl2NO5. The van der Waals surface area contributed by atoms with Crippen molar-refractivity contribution < 1.29 is 23.7 Å². The number of allylic oxidation sites excluding steroid dienone is 2. The van der Waals surface area contributed by atoms with Gasteiger partial charge in [0.15, 0.2) is 5.75 Å². The molecule has 0 fully saturated rings. The van der Waals surface area contributed by atoms with E-state index in [-0.39, 0.29) is 17.8 Å². The number of methoxy groups -OCH3 is 2. The Balaban J connectivity index is 1.45. The predicted octanol–water partition coefficient (Wildman–Crippen LogP) is 7.74. The van der Waals surface area contributed by atoms with Gasteiger partial charge in [-0.15, -0.1) is 0 Å². The summed E-state index contributed by atoms with van der Waals surface area (Å²) in [6, 6.07) is 21.7. The Morgan fingerprint density at radius 3 is 2.27 bits per heavy atom. The van der Waals surface area contributed by atoms with Crippen molar-refractivity contribution in [2.75, 3.05) is 40.6 Å². The number of carbonyl (C=O) groups excluding carboxylic acids is 1. The molecule has 44 heavy (non-hydrogen) atoms. The second kappa shape index (κ2) is 16.1. The number of carbonyl (C=O) groups is 1. The molecule has 0 aromatic heterocycles. The van der Waals surface area contributed by atoms with Crippen LogP contribution in [-0.2, 0) is 20.7 Å². The molecule has 4 rings (SSSR count). The van der Waals surface area contributed by atoms with Crippen LogP contribution in [0.4, 0.5) is 0 Å². The molecule has 3 aromatic carbocycles.